The number of nitrogens with zero attached hydrogens (tertiary/aromatic N) is 2. The first-order valence-electron chi connectivity index (χ1n) is 4.77. The van der Waals surface area contributed by atoms with Crippen molar-refractivity contribution in [2.75, 3.05) is 0 Å². The first-order valence-corrected chi connectivity index (χ1v) is 5.15. The van der Waals surface area contributed by atoms with Crippen LogP contribution in [0.2, 0.25) is 5.02 Å². The average Bonchev–Trinajstić information content (AvgIpc) is 2.72. The number of aromatic nitrogens is 2. The number of rotatable bonds is 3. The zero-order valence-electron chi connectivity index (χ0n) is 8.60. The topological polar surface area (TPSA) is 55.1 Å². The molecule has 4 nitrogen and oxygen atoms in total. The molecule has 0 aliphatic carbocycles. The minimum Gasteiger partial charge on any atom is -0.476 e. The summed E-state index contributed by atoms with van der Waals surface area (Å²) in [6.07, 6.45) is 1.52. The van der Waals surface area contributed by atoms with E-state index in [1.807, 2.05) is 0 Å². The lowest BCUT2D eigenvalue weighted by Crippen LogP contribution is -2.04. The molecule has 2 aromatic rings. The molecule has 1 aromatic heterocycles. The predicted molar refractivity (Wildman–Crippen MR) is 59.7 cm³/mol. The van der Waals surface area contributed by atoms with Crippen LogP contribution in [0.3, 0.4) is 0 Å². The Morgan fingerprint density at radius 2 is 2.24 bits per heavy atom. The van der Waals surface area contributed by atoms with Gasteiger partial charge in [-0.1, -0.05) is 17.7 Å². The molecule has 0 aliphatic rings. The molecule has 0 bridgehead atoms. The highest BCUT2D eigenvalue weighted by Gasteiger charge is 2.07. The first-order chi connectivity index (χ1) is 8.06. The fourth-order valence-electron chi connectivity index (χ4n) is 1.39. The fraction of sp³-hybridized carbons (Fsp3) is 0.0909. The van der Waals surface area contributed by atoms with E-state index >= 15 is 0 Å². The largest absolute Gasteiger partial charge is 0.476 e. The van der Waals surface area contributed by atoms with E-state index in [4.69, 9.17) is 16.7 Å². The van der Waals surface area contributed by atoms with E-state index in [-0.39, 0.29) is 10.7 Å². The number of carbonyl (C=O) groups is 1. The quantitative estimate of drug-likeness (QED) is 0.915. The highest BCUT2D eigenvalue weighted by Crippen LogP contribution is 2.16. The van der Waals surface area contributed by atoms with Crippen molar-refractivity contribution in [1.29, 1.82) is 0 Å². The van der Waals surface area contributed by atoms with Gasteiger partial charge in [0.05, 0.1) is 11.6 Å². The lowest BCUT2D eigenvalue weighted by Gasteiger charge is -2.02. The number of carboxylic acids is 1. The summed E-state index contributed by atoms with van der Waals surface area (Å²) < 4.78 is 14.6. The maximum absolute atomic E-state index is 13.2. The number of benzene rings is 1. The number of carboxylic acid groups (broad SMARTS) is 1. The highest BCUT2D eigenvalue weighted by atomic mass is 35.5. The minimum absolute atomic E-state index is 0.0422. The van der Waals surface area contributed by atoms with Gasteiger partial charge >= 0.3 is 5.97 Å². The fourth-order valence-corrected chi connectivity index (χ4v) is 1.51. The molecular weight excluding hydrogens is 247 g/mol. The third-order valence-corrected chi connectivity index (χ3v) is 2.49. The van der Waals surface area contributed by atoms with Crippen molar-refractivity contribution >= 4 is 17.6 Å². The van der Waals surface area contributed by atoms with E-state index in [2.05, 4.69) is 5.10 Å². The summed E-state index contributed by atoms with van der Waals surface area (Å²) in [5, 5.41) is 12.6. The summed E-state index contributed by atoms with van der Waals surface area (Å²) in [6, 6.07) is 5.79. The van der Waals surface area contributed by atoms with Crippen molar-refractivity contribution in [3.63, 3.8) is 0 Å². The number of halogens is 2. The Morgan fingerprint density at radius 3 is 2.82 bits per heavy atom. The Kier molecular flexibility index (Phi) is 3.10. The average molecular weight is 255 g/mol. The van der Waals surface area contributed by atoms with Crippen LogP contribution in [0.25, 0.3) is 0 Å². The van der Waals surface area contributed by atoms with Crippen molar-refractivity contribution < 1.29 is 14.3 Å². The summed E-state index contributed by atoms with van der Waals surface area (Å²) in [5.74, 6) is -1.60. The SMILES string of the molecule is O=C(O)c1ccn(Cc2ccc(Cl)c(F)c2)n1. The van der Waals surface area contributed by atoms with Gasteiger partial charge in [-0.3, -0.25) is 4.68 Å². The molecule has 1 aromatic carbocycles. The van der Waals surface area contributed by atoms with Gasteiger partial charge in [-0.15, -0.1) is 0 Å². The summed E-state index contributed by atoms with van der Waals surface area (Å²) in [4.78, 5) is 10.6. The molecule has 0 fully saturated rings. The Morgan fingerprint density at radius 1 is 1.47 bits per heavy atom. The van der Waals surface area contributed by atoms with Gasteiger partial charge in [0.25, 0.3) is 0 Å². The van der Waals surface area contributed by atoms with Gasteiger partial charge in [-0.2, -0.15) is 5.10 Å². The van der Waals surface area contributed by atoms with Gasteiger partial charge in [0.15, 0.2) is 5.69 Å². The first kappa shape index (κ1) is 11.6. The molecule has 0 unspecified atom stereocenters. The Balaban J connectivity index is 2.19. The van der Waals surface area contributed by atoms with Crippen LogP contribution in [0.15, 0.2) is 30.5 Å². The number of hydrogen-bond donors (Lipinski definition) is 1. The van der Waals surface area contributed by atoms with Crippen molar-refractivity contribution in [2.45, 2.75) is 6.54 Å². The standard InChI is InChI=1S/C11H8ClFN2O2/c12-8-2-1-7(5-9(8)13)6-15-4-3-10(14-15)11(16)17/h1-5H,6H2,(H,16,17). The maximum atomic E-state index is 13.2. The van der Waals surface area contributed by atoms with Crippen LogP contribution in [-0.2, 0) is 6.54 Å². The molecule has 0 saturated heterocycles. The van der Waals surface area contributed by atoms with Crippen LogP contribution in [-0.4, -0.2) is 20.9 Å². The van der Waals surface area contributed by atoms with E-state index in [1.54, 1.807) is 6.07 Å². The van der Waals surface area contributed by atoms with Crippen LogP contribution in [0.1, 0.15) is 16.1 Å². The van der Waals surface area contributed by atoms with Crippen molar-refractivity contribution in [3.05, 3.63) is 52.6 Å². The molecule has 17 heavy (non-hydrogen) atoms. The van der Waals surface area contributed by atoms with Gasteiger partial charge in [-0.05, 0) is 23.8 Å². The van der Waals surface area contributed by atoms with Gasteiger partial charge < -0.3 is 5.11 Å². The summed E-state index contributed by atoms with van der Waals surface area (Å²) in [7, 11) is 0. The normalized spacial score (nSPS) is 10.5. The molecule has 1 heterocycles. The van der Waals surface area contributed by atoms with Crippen molar-refractivity contribution in [3.8, 4) is 0 Å². The minimum atomic E-state index is -1.09. The molecule has 0 saturated carbocycles. The second-order valence-electron chi connectivity index (χ2n) is 3.45. The lowest BCUT2D eigenvalue weighted by atomic mass is 10.2. The lowest BCUT2D eigenvalue weighted by molar-refractivity contribution is 0.0689. The molecule has 0 aliphatic heterocycles. The predicted octanol–water partition coefficient (Wildman–Crippen LogP) is 2.42. The van der Waals surface area contributed by atoms with Crippen LogP contribution >= 0.6 is 11.6 Å². The van der Waals surface area contributed by atoms with E-state index in [9.17, 15) is 9.18 Å². The zero-order valence-corrected chi connectivity index (χ0v) is 9.36. The Hall–Kier alpha value is -1.88. The van der Waals surface area contributed by atoms with Gasteiger partial charge in [0.1, 0.15) is 5.82 Å². The maximum Gasteiger partial charge on any atom is 0.356 e. The van der Waals surface area contributed by atoms with E-state index < -0.39 is 11.8 Å². The monoisotopic (exact) mass is 254 g/mol. The van der Waals surface area contributed by atoms with E-state index in [0.717, 1.165) is 0 Å². The van der Waals surface area contributed by atoms with Crippen LogP contribution in [0, 0.1) is 5.82 Å². The molecule has 0 spiro atoms. The summed E-state index contributed by atoms with van der Waals surface area (Å²) >= 11 is 5.55. The van der Waals surface area contributed by atoms with Crippen molar-refractivity contribution in [1.82, 2.24) is 9.78 Å². The second-order valence-corrected chi connectivity index (χ2v) is 3.86. The Bertz CT molecular complexity index is 568. The van der Waals surface area contributed by atoms with Gasteiger partial charge in [0.2, 0.25) is 0 Å². The third kappa shape index (κ3) is 2.62. The summed E-state index contributed by atoms with van der Waals surface area (Å²) in [6.45, 7) is 0.293. The van der Waals surface area contributed by atoms with Crippen LogP contribution in [0.4, 0.5) is 4.39 Å². The Labute approximate surface area is 101 Å². The molecule has 0 amide bonds. The molecule has 88 valence electrons. The smallest absolute Gasteiger partial charge is 0.356 e. The summed E-state index contributed by atoms with van der Waals surface area (Å²) in [5.41, 5.74) is 0.617. The molecule has 2 rings (SSSR count). The zero-order chi connectivity index (χ0) is 12.4. The third-order valence-electron chi connectivity index (χ3n) is 2.19. The molecule has 6 heteroatoms. The van der Waals surface area contributed by atoms with Gasteiger partial charge in [-0.25, -0.2) is 9.18 Å². The van der Waals surface area contributed by atoms with Crippen molar-refractivity contribution in [2.24, 2.45) is 0 Å². The molecule has 0 atom stereocenters. The molecular formula is C11H8ClFN2O2. The highest BCUT2D eigenvalue weighted by molar-refractivity contribution is 6.30. The van der Waals surface area contributed by atoms with Gasteiger partial charge in [0, 0.05) is 6.20 Å². The molecule has 1 N–H and O–H groups in total. The number of hydrogen-bond acceptors (Lipinski definition) is 2. The number of aromatic carboxylic acids is 1. The second kappa shape index (κ2) is 4.55. The van der Waals surface area contributed by atoms with E-state index in [1.165, 1.54) is 29.1 Å². The van der Waals surface area contributed by atoms with Crippen LogP contribution < -0.4 is 0 Å². The van der Waals surface area contributed by atoms with Crippen LogP contribution in [0.5, 0.6) is 0 Å². The van der Waals surface area contributed by atoms with E-state index in [0.29, 0.717) is 12.1 Å². The molecule has 0 radical (unpaired) electrons.